The van der Waals surface area contributed by atoms with E-state index in [1.54, 1.807) is 30.5 Å². The molecule has 0 unspecified atom stereocenters. The zero-order valence-corrected chi connectivity index (χ0v) is 20.1. The summed E-state index contributed by atoms with van der Waals surface area (Å²) in [6.45, 7) is 5.08. The summed E-state index contributed by atoms with van der Waals surface area (Å²) in [4.78, 5) is 18.0. The van der Waals surface area contributed by atoms with Gasteiger partial charge in [0.25, 0.3) is 0 Å². The third-order valence-corrected chi connectivity index (χ3v) is 7.41. The van der Waals surface area contributed by atoms with Gasteiger partial charge in [0.15, 0.2) is 0 Å². The second kappa shape index (κ2) is 10.9. The zero-order valence-electron chi connectivity index (χ0n) is 19.2. The van der Waals surface area contributed by atoms with Gasteiger partial charge in [0.05, 0.1) is 10.4 Å². The lowest BCUT2D eigenvalue weighted by molar-refractivity contribution is -0.114. The van der Waals surface area contributed by atoms with E-state index in [4.69, 9.17) is 4.74 Å². The Kier molecular flexibility index (Phi) is 7.77. The van der Waals surface area contributed by atoms with Crippen LogP contribution in [0.25, 0.3) is 10.9 Å². The van der Waals surface area contributed by atoms with Crippen molar-refractivity contribution in [3.8, 4) is 5.75 Å². The molecular formula is C25H30N4O4S. The molecule has 34 heavy (non-hydrogen) atoms. The van der Waals surface area contributed by atoms with Gasteiger partial charge >= 0.3 is 0 Å². The van der Waals surface area contributed by atoms with E-state index >= 15 is 0 Å². The molecule has 4 rings (SSSR count). The summed E-state index contributed by atoms with van der Waals surface area (Å²) in [5, 5.41) is 3.56. The van der Waals surface area contributed by atoms with Crippen LogP contribution in [-0.4, -0.2) is 57.0 Å². The lowest BCUT2D eigenvalue weighted by Gasteiger charge is -2.31. The number of ether oxygens (including phenoxy) is 1. The number of benzene rings is 2. The van der Waals surface area contributed by atoms with E-state index in [9.17, 15) is 13.2 Å². The molecular weight excluding hydrogens is 452 g/mol. The van der Waals surface area contributed by atoms with Crippen LogP contribution < -0.4 is 14.8 Å². The Morgan fingerprint density at radius 3 is 2.74 bits per heavy atom. The molecule has 2 aromatic carbocycles. The van der Waals surface area contributed by atoms with Gasteiger partial charge in [-0.3, -0.25) is 14.7 Å². The predicted octanol–water partition coefficient (Wildman–Crippen LogP) is 3.26. The maximum Gasteiger partial charge on any atom is 0.240 e. The number of fused-ring (bicyclic) bond motifs is 1. The van der Waals surface area contributed by atoms with Crippen molar-refractivity contribution in [2.45, 2.75) is 24.7 Å². The van der Waals surface area contributed by atoms with Crippen LogP contribution in [0.2, 0.25) is 0 Å². The topological polar surface area (TPSA) is 101 Å². The Balaban J connectivity index is 1.20. The normalized spacial score (nSPS) is 15.3. The number of nitrogens with zero attached hydrogens (tertiary/aromatic N) is 2. The first kappa shape index (κ1) is 24.1. The van der Waals surface area contributed by atoms with Crippen molar-refractivity contribution in [3.05, 3.63) is 60.8 Å². The Bertz CT molecular complexity index is 1240. The van der Waals surface area contributed by atoms with Crippen LogP contribution in [0.15, 0.2) is 65.7 Å². The first-order valence-electron chi connectivity index (χ1n) is 11.5. The number of carbonyl (C=O) groups is 1. The Labute approximate surface area is 200 Å². The molecule has 1 fully saturated rings. The molecule has 2 heterocycles. The highest BCUT2D eigenvalue weighted by atomic mass is 32.2. The fourth-order valence-electron chi connectivity index (χ4n) is 4.11. The lowest BCUT2D eigenvalue weighted by Crippen LogP contribution is -2.40. The molecule has 3 aromatic rings. The van der Waals surface area contributed by atoms with E-state index in [-0.39, 0.29) is 10.8 Å². The average molecular weight is 483 g/mol. The number of hydrogen-bond acceptors (Lipinski definition) is 6. The average Bonchev–Trinajstić information content (AvgIpc) is 2.83. The molecule has 2 N–H and O–H groups in total. The van der Waals surface area contributed by atoms with Crippen LogP contribution in [0, 0.1) is 5.92 Å². The number of rotatable bonds is 9. The largest absolute Gasteiger partial charge is 0.492 e. The van der Waals surface area contributed by atoms with Gasteiger partial charge in [-0.25, -0.2) is 13.1 Å². The van der Waals surface area contributed by atoms with E-state index < -0.39 is 10.0 Å². The Morgan fingerprint density at radius 1 is 1.12 bits per heavy atom. The second-order valence-corrected chi connectivity index (χ2v) is 10.3. The monoisotopic (exact) mass is 482 g/mol. The molecule has 1 aliphatic rings. The number of likely N-dealkylation sites (tertiary alicyclic amines) is 1. The van der Waals surface area contributed by atoms with Crippen LogP contribution >= 0.6 is 0 Å². The highest BCUT2D eigenvalue weighted by Gasteiger charge is 2.22. The number of aromatic nitrogens is 1. The third-order valence-electron chi connectivity index (χ3n) is 5.98. The fourth-order valence-corrected chi connectivity index (χ4v) is 5.26. The van der Waals surface area contributed by atoms with Crippen molar-refractivity contribution in [3.63, 3.8) is 0 Å². The molecule has 9 heteroatoms. The standard InChI is InChI=1S/C25H30N4O4S/c1-19(30)28-22-5-2-6-23(17-22)33-15-14-29-12-9-20(10-13-29)18-27-34(31,32)24-7-8-25-21(16-24)4-3-11-26-25/h2-8,11,16-17,20,27H,9-10,12-15,18H2,1H3,(H,28,30). The Morgan fingerprint density at radius 2 is 1.94 bits per heavy atom. The highest BCUT2D eigenvalue weighted by Crippen LogP contribution is 2.21. The van der Waals surface area contributed by atoms with Gasteiger partial charge in [0.2, 0.25) is 15.9 Å². The molecule has 0 atom stereocenters. The van der Waals surface area contributed by atoms with Gasteiger partial charge in [0.1, 0.15) is 12.4 Å². The minimum absolute atomic E-state index is 0.114. The minimum atomic E-state index is -3.56. The van der Waals surface area contributed by atoms with Crippen molar-refractivity contribution in [2.75, 3.05) is 38.1 Å². The molecule has 0 aliphatic carbocycles. The number of hydrogen-bond donors (Lipinski definition) is 2. The maximum absolute atomic E-state index is 12.8. The van der Waals surface area contributed by atoms with E-state index in [2.05, 4.69) is 19.9 Å². The van der Waals surface area contributed by atoms with Crippen molar-refractivity contribution in [1.82, 2.24) is 14.6 Å². The van der Waals surface area contributed by atoms with Gasteiger partial charge in [-0.05, 0) is 68.2 Å². The first-order chi connectivity index (χ1) is 16.4. The summed E-state index contributed by atoms with van der Waals surface area (Å²) in [7, 11) is -3.56. The molecule has 0 spiro atoms. The van der Waals surface area contributed by atoms with Crippen LogP contribution in [-0.2, 0) is 14.8 Å². The number of sulfonamides is 1. The number of anilines is 1. The number of amides is 1. The summed E-state index contributed by atoms with van der Waals surface area (Å²) in [5.74, 6) is 0.917. The van der Waals surface area contributed by atoms with Gasteiger partial charge < -0.3 is 10.1 Å². The van der Waals surface area contributed by atoms with Crippen molar-refractivity contribution < 1.29 is 17.9 Å². The quantitative estimate of drug-likeness (QED) is 0.486. The van der Waals surface area contributed by atoms with Crippen LogP contribution in [0.3, 0.4) is 0 Å². The van der Waals surface area contributed by atoms with Crippen molar-refractivity contribution >= 4 is 32.5 Å². The lowest BCUT2D eigenvalue weighted by atomic mass is 9.97. The van der Waals surface area contributed by atoms with Crippen LogP contribution in [0.4, 0.5) is 5.69 Å². The summed E-state index contributed by atoms with van der Waals surface area (Å²) < 4.78 is 34.1. The van der Waals surface area contributed by atoms with E-state index in [0.717, 1.165) is 49.1 Å². The minimum Gasteiger partial charge on any atom is -0.492 e. The molecule has 0 bridgehead atoms. The van der Waals surface area contributed by atoms with Crippen LogP contribution in [0.1, 0.15) is 19.8 Å². The molecule has 1 amide bonds. The second-order valence-electron chi connectivity index (χ2n) is 8.55. The maximum atomic E-state index is 12.8. The molecule has 8 nitrogen and oxygen atoms in total. The summed E-state index contributed by atoms with van der Waals surface area (Å²) in [6, 6.07) is 16.0. The SMILES string of the molecule is CC(=O)Nc1cccc(OCCN2CCC(CNS(=O)(=O)c3ccc4ncccc4c3)CC2)c1. The van der Waals surface area contributed by atoms with E-state index in [0.29, 0.717) is 24.8 Å². The van der Waals surface area contributed by atoms with Gasteiger partial charge in [0, 0.05) is 43.4 Å². The van der Waals surface area contributed by atoms with Gasteiger partial charge in [-0.15, -0.1) is 0 Å². The van der Waals surface area contributed by atoms with Crippen molar-refractivity contribution in [1.29, 1.82) is 0 Å². The number of piperidine rings is 1. The van der Waals surface area contributed by atoms with Crippen molar-refractivity contribution in [2.24, 2.45) is 5.92 Å². The molecule has 1 aromatic heterocycles. The first-order valence-corrected chi connectivity index (χ1v) is 12.9. The Hall–Kier alpha value is -3.01. The number of pyridine rings is 1. The van der Waals surface area contributed by atoms with Crippen LogP contribution in [0.5, 0.6) is 5.75 Å². The molecule has 0 radical (unpaired) electrons. The summed E-state index contributed by atoms with van der Waals surface area (Å²) >= 11 is 0. The molecule has 1 aliphatic heterocycles. The van der Waals surface area contributed by atoms with Gasteiger partial charge in [-0.1, -0.05) is 12.1 Å². The summed E-state index contributed by atoms with van der Waals surface area (Å²) in [6.07, 6.45) is 3.56. The molecule has 180 valence electrons. The van der Waals surface area contributed by atoms with E-state index in [1.807, 2.05) is 30.3 Å². The predicted molar refractivity (Wildman–Crippen MR) is 132 cm³/mol. The van der Waals surface area contributed by atoms with E-state index in [1.165, 1.54) is 6.92 Å². The fraction of sp³-hybridized carbons (Fsp3) is 0.360. The molecule has 1 saturated heterocycles. The highest BCUT2D eigenvalue weighted by molar-refractivity contribution is 7.89. The smallest absolute Gasteiger partial charge is 0.240 e. The van der Waals surface area contributed by atoms with Gasteiger partial charge in [-0.2, -0.15) is 0 Å². The summed E-state index contributed by atoms with van der Waals surface area (Å²) in [5.41, 5.74) is 1.49. The molecule has 0 saturated carbocycles. The number of nitrogens with one attached hydrogen (secondary N) is 2. The third kappa shape index (κ3) is 6.53. The zero-order chi connectivity index (χ0) is 24.0. The number of carbonyl (C=O) groups excluding carboxylic acids is 1.